The summed E-state index contributed by atoms with van der Waals surface area (Å²) in [5.41, 5.74) is 6.66. The van der Waals surface area contributed by atoms with Crippen molar-refractivity contribution < 1.29 is 0 Å². The molecule has 0 unspecified atom stereocenters. The Kier molecular flexibility index (Phi) is 4.97. The summed E-state index contributed by atoms with van der Waals surface area (Å²) in [4.78, 5) is 6.40. The second-order valence-electron chi connectivity index (χ2n) is 7.85. The highest BCUT2D eigenvalue weighted by molar-refractivity contribution is 8.08. The number of H-pyrrole nitrogens is 1. The summed E-state index contributed by atoms with van der Waals surface area (Å²) >= 11 is 1.99. The van der Waals surface area contributed by atoms with Gasteiger partial charge in [-0.05, 0) is 41.8 Å². The normalized spacial score (nSPS) is 19.0. The van der Waals surface area contributed by atoms with Gasteiger partial charge in [-0.3, -0.25) is 10.00 Å². The van der Waals surface area contributed by atoms with Gasteiger partial charge in [0.25, 0.3) is 0 Å². The van der Waals surface area contributed by atoms with E-state index in [0.29, 0.717) is 0 Å². The van der Waals surface area contributed by atoms with Gasteiger partial charge in [0.2, 0.25) is 0 Å². The molecule has 1 fully saturated rings. The quantitative estimate of drug-likeness (QED) is 0.720. The second kappa shape index (κ2) is 7.74. The molecule has 0 radical (unpaired) electrons. The molecule has 1 aromatic heterocycles. The molecule has 2 aliphatic heterocycles. The van der Waals surface area contributed by atoms with Crippen molar-refractivity contribution in [3.8, 4) is 0 Å². The van der Waals surface area contributed by atoms with Crippen LogP contribution in [0.4, 0.5) is 0 Å². The topological polar surface area (TPSA) is 35.2 Å². The van der Waals surface area contributed by atoms with E-state index in [0.717, 1.165) is 24.2 Å². The van der Waals surface area contributed by atoms with Gasteiger partial charge in [-0.15, -0.1) is 11.8 Å². The first kappa shape index (κ1) is 18.0. The Morgan fingerprint density at radius 2 is 1.79 bits per heavy atom. The van der Waals surface area contributed by atoms with Crippen LogP contribution in [0.2, 0.25) is 0 Å². The zero-order valence-corrected chi connectivity index (χ0v) is 17.1. The van der Waals surface area contributed by atoms with Crippen LogP contribution in [0.1, 0.15) is 23.1 Å². The summed E-state index contributed by atoms with van der Waals surface area (Å²) in [5, 5.41) is 8.43. The fraction of sp³-hybridized carbons (Fsp3) is 0.348. The van der Waals surface area contributed by atoms with Gasteiger partial charge < -0.3 is 4.90 Å². The van der Waals surface area contributed by atoms with Gasteiger partial charge in [-0.25, -0.2) is 0 Å². The van der Waals surface area contributed by atoms with Crippen LogP contribution in [-0.4, -0.2) is 59.0 Å². The van der Waals surface area contributed by atoms with Crippen LogP contribution < -0.4 is 0 Å². The minimum atomic E-state index is 1.06. The predicted molar refractivity (Wildman–Crippen MR) is 119 cm³/mol. The molecule has 0 bridgehead atoms. The molecule has 2 aliphatic rings. The van der Waals surface area contributed by atoms with Crippen LogP contribution >= 0.6 is 11.8 Å². The number of fused-ring (bicyclic) bond motifs is 1. The third-order valence-electron chi connectivity index (χ3n) is 5.88. The molecule has 0 aliphatic carbocycles. The van der Waals surface area contributed by atoms with Crippen molar-refractivity contribution in [2.45, 2.75) is 13.0 Å². The third kappa shape index (κ3) is 3.62. The molecule has 0 spiro atoms. The lowest BCUT2D eigenvalue weighted by Crippen LogP contribution is -2.43. The van der Waals surface area contributed by atoms with Crippen LogP contribution in [0, 0.1) is 0 Å². The molecule has 3 aromatic rings. The van der Waals surface area contributed by atoms with E-state index in [2.05, 4.69) is 69.5 Å². The van der Waals surface area contributed by atoms with Crippen LogP contribution in [0.25, 0.3) is 21.4 Å². The zero-order valence-electron chi connectivity index (χ0n) is 16.3. The third-order valence-corrected chi connectivity index (χ3v) is 7.06. The van der Waals surface area contributed by atoms with Gasteiger partial charge in [0.1, 0.15) is 0 Å². The van der Waals surface area contributed by atoms with Crippen LogP contribution in [0.5, 0.6) is 0 Å². The summed E-state index contributed by atoms with van der Waals surface area (Å²) in [6, 6.07) is 15.9. The van der Waals surface area contributed by atoms with E-state index in [1.165, 1.54) is 58.7 Å². The van der Waals surface area contributed by atoms with Crippen LogP contribution in [-0.2, 0) is 6.54 Å². The molecule has 5 rings (SSSR count). The number of thioether (sulfide) groups is 1. The fourth-order valence-corrected chi connectivity index (χ4v) is 5.35. The van der Waals surface area contributed by atoms with E-state index in [1.807, 2.05) is 18.0 Å². The Balaban J connectivity index is 1.37. The molecule has 1 saturated heterocycles. The molecule has 4 nitrogen and oxygen atoms in total. The fourth-order valence-electron chi connectivity index (χ4n) is 4.14. The Morgan fingerprint density at radius 1 is 1.00 bits per heavy atom. The van der Waals surface area contributed by atoms with Crippen molar-refractivity contribution in [1.29, 1.82) is 0 Å². The van der Waals surface area contributed by atoms with Gasteiger partial charge >= 0.3 is 0 Å². The van der Waals surface area contributed by atoms with Gasteiger partial charge in [-0.2, -0.15) is 5.10 Å². The van der Waals surface area contributed by atoms with Crippen LogP contribution in [0.3, 0.4) is 0 Å². The molecule has 28 heavy (non-hydrogen) atoms. The maximum Gasteiger partial charge on any atom is 0.0656 e. The second-order valence-corrected chi connectivity index (χ2v) is 8.96. The van der Waals surface area contributed by atoms with E-state index in [-0.39, 0.29) is 0 Å². The van der Waals surface area contributed by atoms with Crippen LogP contribution in [0.15, 0.2) is 48.7 Å². The molecular formula is C23H26N4S. The summed E-state index contributed by atoms with van der Waals surface area (Å²) in [7, 11) is 2.21. The Morgan fingerprint density at radius 3 is 2.61 bits per heavy atom. The average Bonchev–Trinajstić information content (AvgIpc) is 3.39. The van der Waals surface area contributed by atoms with Gasteiger partial charge in [0.05, 0.1) is 11.7 Å². The molecule has 5 heteroatoms. The standard InChI is InChI=1S/C23H26N4S/c1-26-9-11-27(12-10-26)16-17-2-4-18(5-3-17)23-21(8-13-28-23)19-6-7-20-15-24-25-22(20)14-19/h2-7,14-15H,8-13,16H2,1H3,(H,24,25). The average molecular weight is 391 g/mol. The maximum absolute atomic E-state index is 4.16. The van der Waals surface area contributed by atoms with Crippen molar-refractivity contribution in [1.82, 2.24) is 20.0 Å². The van der Waals surface area contributed by atoms with E-state index in [4.69, 9.17) is 0 Å². The highest BCUT2D eigenvalue weighted by Crippen LogP contribution is 2.44. The van der Waals surface area contributed by atoms with Crippen molar-refractivity contribution >= 4 is 33.1 Å². The molecular weight excluding hydrogens is 364 g/mol. The van der Waals surface area contributed by atoms with Crippen molar-refractivity contribution in [2.75, 3.05) is 39.0 Å². The smallest absolute Gasteiger partial charge is 0.0656 e. The number of allylic oxidation sites excluding steroid dienone is 1. The largest absolute Gasteiger partial charge is 0.304 e. The van der Waals surface area contributed by atoms with Gasteiger partial charge in [-0.1, -0.05) is 36.4 Å². The van der Waals surface area contributed by atoms with E-state index in [9.17, 15) is 0 Å². The van der Waals surface area contributed by atoms with Crippen molar-refractivity contribution in [2.24, 2.45) is 0 Å². The number of rotatable bonds is 4. The van der Waals surface area contributed by atoms with Crippen molar-refractivity contribution in [3.05, 3.63) is 65.4 Å². The van der Waals surface area contributed by atoms with Crippen molar-refractivity contribution in [3.63, 3.8) is 0 Å². The minimum Gasteiger partial charge on any atom is -0.304 e. The number of hydrogen-bond acceptors (Lipinski definition) is 4. The van der Waals surface area contributed by atoms with Gasteiger partial charge in [0, 0.05) is 48.8 Å². The molecule has 3 heterocycles. The number of hydrogen-bond donors (Lipinski definition) is 1. The summed E-state index contributed by atoms with van der Waals surface area (Å²) in [6.07, 6.45) is 3.01. The molecule has 2 aromatic carbocycles. The lowest BCUT2D eigenvalue weighted by Gasteiger charge is -2.32. The first-order valence-electron chi connectivity index (χ1n) is 10.1. The first-order valence-corrected chi connectivity index (χ1v) is 11.0. The number of nitrogens with zero attached hydrogens (tertiary/aromatic N) is 3. The summed E-state index contributed by atoms with van der Waals surface area (Å²) in [5.74, 6) is 1.16. The lowest BCUT2D eigenvalue weighted by molar-refractivity contribution is 0.148. The van der Waals surface area contributed by atoms with E-state index in [1.54, 1.807) is 0 Å². The number of benzene rings is 2. The number of aromatic nitrogens is 2. The van der Waals surface area contributed by atoms with E-state index < -0.39 is 0 Å². The number of nitrogens with one attached hydrogen (secondary N) is 1. The lowest BCUT2D eigenvalue weighted by atomic mass is 9.99. The number of likely N-dealkylation sites (N-methyl/N-ethyl adjacent to an activating group) is 1. The monoisotopic (exact) mass is 390 g/mol. The number of piperazine rings is 1. The molecule has 144 valence electrons. The predicted octanol–water partition coefficient (Wildman–Crippen LogP) is 4.32. The Hall–Kier alpha value is -2.08. The minimum absolute atomic E-state index is 1.06. The van der Waals surface area contributed by atoms with Gasteiger partial charge in [0.15, 0.2) is 0 Å². The first-order chi connectivity index (χ1) is 13.8. The molecule has 0 atom stereocenters. The van der Waals surface area contributed by atoms with E-state index >= 15 is 0 Å². The zero-order chi connectivity index (χ0) is 18.9. The summed E-state index contributed by atoms with van der Waals surface area (Å²) < 4.78 is 0. The highest BCUT2D eigenvalue weighted by Gasteiger charge is 2.19. The Bertz CT molecular complexity index is 997. The maximum atomic E-state index is 4.16. The molecule has 1 N–H and O–H groups in total. The highest BCUT2D eigenvalue weighted by atomic mass is 32.2. The Labute approximate surface area is 170 Å². The molecule has 0 amide bonds. The molecule has 0 saturated carbocycles. The summed E-state index contributed by atoms with van der Waals surface area (Å²) in [6.45, 7) is 5.74. The SMILES string of the molecule is CN1CCN(Cc2ccc(C3=C(c4ccc5cn[nH]c5c4)CCS3)cc2)CC1. The number of aromatic amines is 1.